The van der Waals surface area contributed by atoms with Crippen LogP contribution in [0.15, 0.2) is 53.6 Å². The first kappa shape index (κ1) is 16.8. The fourth-order valence-corrected chi connectivity index (χ4v) is 4.27. The zero-order valence-electron chi connectivity index (χ0n) is 14.1. The Bertz CT molecular complexity index is 772. The van der Waals surface area contributed by atoms with Gasteiger partial charge in [0.1, 0.15) is 11.1 Å². The number of para-hydroxylation sites is 1. The Morgan fingerprint density at radius 1 is 1.21 bits per heavy atom. The molecule has 1 aromatic heterocycles. The van der Waals surface area contributed by atoms with E-state index in [1.54, 1.807) is 30.5 Å². The number of benzene rings is 1. The maximum atomic E-state index is 12.9. The molecule has 0 unspecified atom stereocenters. The average molecular weight is 346 g/mol. The molecule has 24 heavy (non-hydrogen) atoms. The minimum atomic E-state index is -3.58. The molecular formula is C18H24N3O2S+. The van der Waals surface area contributed by atoms with E-state index in [1.165, 1.54) is 17.1 Å². The van der Waals surface area contributed by atoms with Crippen LogP contribution in [0.1, 0.15) is 26.7 Å². The summed E-state index contributed by atoms with van der Waals surface area (Å²) >= 11 is 0. The standard InChI is InChI=1S/C18H23N3O2S/c1-3-21(16-7-5-4-6-8-16)24(22,23)17-11-12-18(19-13-17)20-14(2)15-9-10-15/h4-8,11-15H,3,9-10H2,1-2H3,(H,19,20)/p+1/t14-/m0/s1. The molecule has 1 fully saturated rings. The summed E-state index contributed by atoms with van der Waals surface area (Å²) in [6.07, 6.45) is 4.09. The summed E-state index contributed by atoms with van der Waals surface area (Å²) in [4.78, 5) is 3.33. The fourth-order valence-electron chi connectivity index (χ4n) is 2.83. The van der Waals surface area contributed by atoms with Gasteiger partial charge in [0.15, 0.2) is 0 Å². The number of hydrogen-bond donors (Lipinski definition) is 1. The molecule has 3 rings (SSSR count). The normalized spacial score (nSPS) is 15.8. The first-order chi connectivity index (χ1) is 11.5. The third kappa shape index (κ3) is 3.53. The molecule has 0 saturated heterocycles. The number of nitrogens with zero attached hydrogens (tertiary/aromatic N) is 1. The van der Waals surface area contributed by atoms with Crippen LogP contribution in [0.4, 0.5) is 11.5 Å². The molecular weight excluding hydrogens is 322 g/mol. The van der Waals surface area contributed by atoms with Crippen molar-refractivity contribution in [2.24, 2.45) is 5.92 Å². The summed E-state index contributed by atoms with van der Waals surface area (Å²) in [7, 11) is -3.58. The fraction of sp³-hybridized carbons (Fsp3) is 0.389. The summed E-state index contributed by atoms with van der Waals surface area (Å²) in [5, 5.41) is 3.39. The first-order valence-electron chi connectivity index (χ1n) is 8.38. The predicted octanol–water partition coefficient (Wildman–Crippen LogP) is 2.93. The summed E-state index contributed by atoms with van der Waals surface area (Å²) in [5.74, 6) is 1.58. The Morgan fingerprint density at radius 3 is 2.46 bits per heavy atom. The molecule has 0 bridgehead atoms. The third-order valence-corrected chi connectivity index (χ3v) is 6.31. The van der Waals surface area contributed by atoms with Crippen LogP contribution in [-0.2, 0) is 10.0 Å². The van der Waals surface area contributed by atoms with Gasteiger partial charge in [-0.1, -0.05) is 18.2 Å². The van der Waals surface area contributed by atoms with Crippen LogP contribution < -0.4 is 14.6 Å². The largest absolute Gasteiger partial charge is 0.272 e. The van der Waals surface area contributed by atoms with Crippen LogP contribution in [0, 0.1) is 5.92 Å². The maximum Gasteiger partial charge on any atom is 0.272 e. The van der Waals surface area contributed by atoms with Crippen molar-refractivity contribution in [3.63, 3.8) is 0 Å². The van der Waals surface area contributed by atoms with Crippen molar-refractivity contribution < 1.29 is 13.4 Å². The van der Waals surface area contributed by atoms with Gasteiger partial charge in [0.2, 0.25) is 0 Å². The van der Waals surface area contributed by atoms with Crippen molar-refractivity contribution in [2.45, 2.75) is 37.6 Å². The number of pyridine rings is 1. The SMILES string of the molecule is CCN(c1ccccc1)S(=O)(=O)c1ccc(N[C@@H](C)C2CC2)[nH+]c1. The first-order valence-corrected chi connectivity index (χ1v) is 9.82. The van der Waals surface area contributed by atoms with Gasteiger partial charge in [-0.05, 0) is 50.8 Å². The van der Waals surface area contributed by atoms with Gasteiger partial charge in [-0.3, -0.25) is 9.62 Å². The molecule has 1 aliphatic carbocycles. The van der Waals surface area contributed by atoms with Crippen LogP contribution >= 0.6 is 0 Å². The lowest BCUT2D eigenvalue weighted by Crippen LogP contribution is -2.32. The van der Waals surface area contributed by atoms with E-state index in [1.807, 2.05) is 25.1 Å². The highest BCUT2D eigenvalue weighted by molar-refractivity contribution is 7.92. The maximum absolute atomic E-state index is 12.9. The van der Waals surface area contributed by atoms with E-state index in [4.69, 9.17) is 0 Å². The van der Waals surface area contributed by atoms with Gasteiger partial charge in [0, 0.05) is 12.6 Å². The molecule has 128 valence electrons. The summed E-state index contributed by atoms with van der Waals surface area (Å²) < 4.78 is 27.2. The minimum absolute atomic E-state index is 0.262. The van der Waals surface area contributed by atoms with Gasteiger partial charge in [-0.15, -0.1) is 0 Å². The van der Waals surface area contributed by atoms with Gasteiger partial charge in [-0.2, -0.15) is 0 Å². The van der Waals surface area contributed by atoms with Crippen LogP contribution in [0.3, 0.4) is 0 Å². The molecule has 2 N–H and O–H groups in total. The molecule has 1 aromatic carbocycles. The second kappa shape index (κ2) is 6.81. The van der Waals surface area contributed by atoms with Crippen LogP contribution in [0.2, 0.25) is 0 Å². The van der Waals surface area contributed by atoms with E-state index in [9.17, 15) is 8.42 Å². The lowest BCUT2D eigenvalue weighted by atomic mass is 10.2. The Labute approximate surface area is 143 Å². The lowest BCUT2D eigenvalue weighted by molar-refractivity contribution is -0.364. The third-order valence-electron chi connectivity index (χ3n) is 4.42. The van der Waals surface area contributed by atoms with E-state index in [2.05, 4.69) is 17.2 Å². The number of aromatic nitrogens is 1. The monoisotopic (exact) mass is 346 g/mol. The number of nitrogens with one attached hydrogen (secondary N) is 2. The van der Waals surface area contributed by atoms with Crippen LogP contribution in [0.25, 0.3) is 0 Å². The molecule has 1 heterocycles. The Kier molecular flexibility index (Phi) is 4.76. The van der Waals surface area contributed by atoms with Gasteiger partial charge >= 0.3 is 0 Å². The number of aromatic amines is 1. The van der Waals surface area contributed by atoms with Crippen molar-refractivity contribution in [1.29, 1.82) is 0 Å². The Morgan fingerprint density at radius 2 is 1.92 bits per heavy atom. The number of hydrogen-bond acceptors (Lipinski definition) is 3. The van der Waals surface area contributed by atoms with Crippen molar-refractivity contribution in [2.75, 3.05) is 16.2 Å². The van der Waals surface area contributed by atoms with Crippen molar-refractivity contribution in [3.8, 4) is 0 Å². The molecule has 0 aliphatic heterocycles. The highest BCUT2D eigenvalue weighted by Gasteiger charge is 2.31. The van der Waals surface area contributed by atoms with Crippen LogP contribution in [-0.4, -0.2) is 21.0 Å². The zero-order valence-corrected chi connectivity index (χ0v) is 14.9. The summed E-state index contributed by atoms with van der Waals surface area (Å²) in [6, 6.07) is 13.0. The summed E-state index contributed by atoms with van der Waals surface area (Å²) in [6.45, 7) is 4.37. The van der Waals surface area contributed by atoms with Gasteiger partial charge in [-0.25, -0.2) is 13.4 Å². The van der Waals surface area contributed by atoms with E-state index in [0.717, 1.165) is 11.7 Å². The number of H-pyrrole nitrogens is 1. The van der Waals surface area contributed by atoms with Gasteiger partial charge < -0.3 is 0 Å². The zero-order chi connectivity index (χ0) is 17.2. The minimum Gasteiger partial charge on any atom is -0.272 e. The van der Waals surface area contributed by atoms with Crippen molar-refractivity contribution >= 4 is 21.5 Å². The average Bonchev–Trinajstić information content (AvgIpc) is 3.42. The van der Waals surface area contributed by atoms with Crippen molar-refractivity contribution in [3.05, 3.63) is 48.7 Å². The number of sulfonamides is 1. The van der Waals surface area contributed by atoms with Gasteiger partial charge in [0.25, 0.3) is 15.8 Å². The molecule has 6 heteroatoms. The topological polar surface area (TPSA) is 63.6 Å². The number of rotatable bonds is 7. The molecule has 1 atom stereocenters. The Hall–Kier alpha value is -2.08. The summed E-state index contributed by atoms with van der Waals surface area (Å²) in [5.41, 5.74) is 0.671. The van der Waals surface area contributed by atoms with Crippen molar-refractivity contribution in [1.82, 2.24) is 0 Å². The molecule has 0 amide bonds. The predicted molar refractivity (Wildman–Crippen MR) is 95.5 cm³/mol. The highest BCUT2D eigenvalue weighted by atomic mass is 32.2. The highest BCUT2D eigenvalue weighted by Crippen LogP contribution is 2.33. The smallest absolute Gasteiger partial charge is 0.272 e. The van der Waals surface area contributed by atoms with Crippen LogP contribution in [0.5, 0.6) is 0 Å². The molecule has 1 saturated carbocycles. The Balaban J connectivity index is 1.80. The molecule has 0 spiro atoms. The van der Waals surface area contributed by atoms with E-state index in [0.29, 0.717) is 18.3 Å². The van der Waals surface area contributed by atoms with E-state index < -0.39 is 10.0 Å². The lowest BCUT2D eigenvalue weighted by Gasteiger charge is -2.22. The number of anilines is 2. The van der Waals surface area contributed by atoms with E-state index in [-0.39, 0.29) is 4.90 Å². The molecule has 5 nitrogen and oxygen atoms in total. The second-order valence-electron chi connectivity index (χ2n) is 6.21. The molecule has 1 aliphatic rings. The second-order valence-corrected chi connectivity index (χ2v) is 8.08. The van der Waals surface area contributed by atoms with E-state index >= 15 is 0 Å². The quantitative estimate of drug-likeness (QED) is 0.838. The molecule has 0 radical (unpaired) electrons. The van der Waals surface area contributed by atoms with Gasteiger partial charge in [0.05, 0.1) is 11.7 Å². The molecule has 2 aromatic rings.